The summed E-state index contributed by atoms with van der Waals surface area (Å²) in [5, 5.41) is 0.802. The standard InChI is InChI=1S/C18H17ClO/c19-13-8-9-17-15(12-13)18(10-4-1-5-11-18)14-6-2-3-7-16(14)20-17/h2-3,6-9,12H,1,4-5,10-11H2. The van der Waals surface area contributed by atoms with Crippen LogP contribution in [0.1, 0.15) is 43.2 Å². The summed E-state index contributed by atoms with van der Waals surface area (Å²) in [4.78, 5) is 0. The van der Waals surface area contributed by atoms with Crippen molar-refractivity contribution in [3.63, 3.8) is 0 Å². The van der Waals surface area contributed by atoms with Crippen molar-refractivity contribution in [3.8, 4) is 11.5 Å². The predicted octanol–water partition coefficient (Wildman–Crippen LogP) is 5.70. The van der Waals surface area contributed by atoms with Crippen LogP contribution in [0.5, 0.6) is 11.5 Å². The van der Waals surface area contributed by atoms with Crippen LogP contribution in [0, 0.1) is 0 Å². The van der Waals surface area contributed by atoms with Gasteiger partial charge >= 0.3 is 0 Å². The fourth-order valence-electron chi connectivity index (χ4n) is 3.87. The first-order chi connectivity index (χ1) is 9.79. The van der Waals surface area contributed by atoms with Crippen LogP contribution >= 0.6 is 11.6 Å². The predicted molar refractivity (Wildman–Crippen MR) is 81.8 cm³/mol. The third kappa shape index (κ3) is 1.69. The van der Waals surface area contributed by atoms with Gasteiger partial charge in [-0.3, -0.25) is 0 Å². The van der Waals surface area contributed by atoms with E-state index in [9.17, 15) is 0 Å². The summed E-state index contributed by atoms with van der Waals surface area (Å²) >= 11 is 6.25. The smallest absolute Gasteiger partial charge is 0.131 e. The van der Waals surface area contributed by atoms with Crippen LogP contribution in [0.3, 0.4) is 0 Å². The Morgan fingerprint density at radius 3 is 2.45 bits per heavy atom. The Hall–Kier alpha value is -1.47. The SMILES string of the molecule is Clc1ccc2c(c1)C1(CCCCC1)c1ccccc1O2. The Balaban J connectivity index is 1.98. The van der Waals surface area contributed by atoms with Gasteiger partial charge in [-0.1, -0.05) is 49.1 Å². The third-order valence-electron chi connectivity index (χ3n) is 4.79. The van der Waals surface area contributed by atoms with Gasteiger partial charge in [-0.2, -0.15) is 0 Å². The van der Waals surface area contributed by atoms with Gasteiger partial charge in [-0.15, -0.1) is 0 Å². The highest BCUT2D eigenvalue weighted by molar-refractivity contribution is 6.30. The van der Waals surface area contributed by atoms with Crippen molar-refractivity contribution in [1.82, 2.24) is 0 Å². The Bertz CT molecular complexity index is 656. The Morgan fingerprint density at radius 1 is 0.850 bits per heavy atom. The maximum atomic E-state index is 6.25. The monoisotopic (exact) mass is 284 g/mol. The highest BCUT2D eigenvalue weighted by atomic mass is 35.5. The molecule has 0 aromatic heterocycles. The summed E-state index contributed by atoms with van der Waals surface area (Å²) in [5.41, 5.74) is 2.73. The molecule has 0 N–H and O–H groups in total. The lowest BCUT2D eigenvalue weighted by molar-refractivity contribution is 0.306. The summed E-state index contributed by atoms with van der Waals surface area (Å²) in [6.45, 7) is 0. The second-order valence-corrected chi connectivity index (χ2v) is 6.32. The zero-order valence-corrected chi connectivity index (χ0v) is 12.1. The van der Waals surface area contributed by atoms with E-state index >= 15 is 0 Å². The lowest BCUT2D eigenvalue weighted by Gasteiger charge is -2.43. The van der Waals surface area contributed by atoms with Gasteiger partial charge in [-0.05, 0) is 37.1 Å². The van der Waals surface area contributed by atoms with E-state index in [4.69, 9.17) is 16.3 Å². The molecule has 2 heteroatoms. The molecule has 2 aliphatic rings. The second kappa shape index (κ2) is 4.53. The van der Waals surface area contributed by atoms with Crippen LogP contribution in [-0.4, -0.2) is 0 Å². The van der Waals surface area contributed by atoms with E-state index < -0.39 is 0 Å². The van der Waals surface area contributed by atoms with Gasteiger partial charge < -0.3 is 4.74 Å². The molecule has 2 aromatic carbocycles. The van der Waals surface area contributed by atoms with Crippen molar-refractivity contribution >= 4 is 11.6 Å². The van der Waals surface area contributed by atoms with Crippen molar-refractivity contribution in [2.45, 2.75) is 37.5 Å². The van der Waals surface area contributed by atoms with Gasteiger partial charge in [0.1, 0.15) is 11.5 Å². The molecule has 0 saturated heterocycles. The molecule has 0 amide bonds. The van der Waals surface area contributed by atoms with Gasteiger partial charge in [0, 0.05) is 21.6 Å². The van der Waals surface area contributed by atoms with Crippen LogP contribution in [-0.2, 0) is 5.41 Å². The first-order valence-corrected chi connectivity index (χ1v) is 7.75. The zero-order valence-electron chi connectivity index (χ0n) is 11.4. The number of rotatable bonds is 0. The molecule has 1 saturated carbocycles. The van der Waals surface area contributed by atoms with Gasteiger partial charge in [0.05, 0.1) is 0 Å². The number of para-hydroxylation sites is 1. The maximum absolute atomic E-state index is 6.25. The van der Waals surface area contributed by atoms with Crippen molar-refractivity contribution in [2.24, 2.45) is 0 Å². The maximum Gasteiger partial charge on any atom is 0.131 e. The summed E-state index contributed by atoms with van der Waals surface area (Å²) in [5.74, 6) is 2.00. The first-order valence-electron chi connectivity index (χ1n) is 7.37. The van der Waals surface area contributed by atoms with Crippen molar-refractivity contribution in [2.75, 3.05) is 0 Å². The molecule has 1 fully saturated rings. The lowest BCUT2D eigenvalue weighted by Crippen LogP contribution is -2.33. The summed E-state index contributed by atoms with van der Waals surface area (Å²) < 4.78 is 6.10. The lowest BCUT2D eigenvalue weighted by atomic mass is 9.64. The molecule has 0 bridgehead atoms. The Morgan fingerprint density at radius 2 is 1.60 bits per heavy atom. The molecule has 102 valence electrons. The van der Waals surface area contributed by atoms with Gasteiger partial charge in [0.25, 0.3) is 0 Å². The van der Waals surface area contributed by atoms with Crippen LogP contribution < -0.4 is 4.74 Å². The van der Waals surface area contributed by atoms with Crippen LogP contribution in [0.4, 0.5) is 0 Å². The van der Waals surface area contributed by atoms with E-state index in [-0.39, 0.29) is 5.41 Å². The highest BCUT2D eigenvalue weighted by Crippen LogP contribution is 2.55. The molecule has 1 nitrogen and oxygen atoms in total. The van der Waals surface area contributed by atoms with Crippen LogP contribution in [0.15, 0.2) is 42.5 Å². The minimum atomic E-state index is 0.104. The Kier molecular flexibility index (Phi) is 2.78. The average molecular weight is 285 g/mol. The van der Waals surface area contributed by atoms with Crippen molar-refractivity contribution in [3.05, 3.63) is 58.6 Å². The molecule has 1 aliphatic carbocycles. The molecule has 1 heterocycles. The summed E-state index contributed by atoms with van der Waals surface area (Å²) in [7, 11) is 0. The highest BCUT2D eigenvalue weighted by Gasteiger charge is 2.42. The van der Waals surface area contributed by atoms with Crippen LogP contribution in [0.25, 0.3) is 0 Å². The van der Waals surface area contributed by atoms with E-state index in [1.165, 1.54) is 43.2 Å². The van der Waals surface area contributed by atoms with E-state index in [0.717, 1.165) is 16.5 Å². The average Bonchev–Trinajstić information content (AvgIpc) is 2.50. The fourth-order valence-corrected chi connectivity index (χ4v) is 4.05. The zero-order chi connectivity index (χ0) is 13.6. The van der Waals surface area contributed by atoms with E-state index in [0.29, 0.717) is 0 Å². The molecular weight excluding hydrogens is 268 g/mol. The largest absolute Gasteiger partial charge is 0.457 e. The van der Waals surface area contributed by atoms with E-state index in [1.807, 2.05) is 12.1 Å². The van der Waals surface area contributed by atoms with Gasteiger partial charge in [-0.25, -0.2) is 0 Å². The molecule has 0 radical (unpaired) electrons. The summed E-state index contributed by atoms with van der Waals surface area (Å²) in [6.07, 6.45) is 6.28. The van der Waals surface area contributed by atoms with Crippen molar-refractivity contribution in [1.29, 1.82) is 0 Å². The minimum Gasteiger partial charge on any atom is -0.457 e. The number of fused-ring (bicyclic) bond motifs is 4. The second-order valence-electron chi connectivity index (χ2n) is 5.88. The molecule has 2 aromatic rings. The van der Waals surface area contributed by atoms with Crippen LogP contribution in [0.2, 0.25) is 5.02 Å². The molecule has 0 atom stereocenters. The fraction of sp³-hybridized carbons (Fsp3) is 0.333. The van der Waals surface area contributed by atoms with Gasteiger partial charge in [0.15, 0.2) is 0 Å². The van der Waals surface area contributed by atoms with Gasteiger partial charge in [0.2, 0.25) is 0 Å². The summed E-state index contributed by atoms with van der Waals surface area (Å²) in [6, 6.07) is 14.5. The number of hydrogen-bond acceptors (Lipinski definition) is 1. The first kappa shape index (κ1) is 12.3. The molecular formula is C18H17ClO. The van der Waals surface area contributed by atoms with Crippen molar-refractivity contribution < 1.29 is 4.74 Å². The molecule has 20 heavy (non-hydrogen) atoms. The number of ether oxygens (including phenoxy) is 1. The quantitative estimate of drug-likeness (QED) is 0.603. The number of hydrogen-bond donors (Lipinski definition) is 0. The number of halogens is 1. The van der Waals surface area contributed by atoms with E-state index in [1.54, 1.807) is 0 Å². The Labute approximate surface area is 124 Å². The third-order valence-corrected chi connectivity index (χ3v) is 5.02. The van der Waals surface area contributed by atoms with E-state index in [2.05, 4.69) is 30.3 Å². The molecule has 1 spiro atoms. The normalized spacial score (nSPS) is 19.1. The molecule has 1 aliphatic heterocycles. The minimum absolute atomic E-state index is 0.104. The number of benzene rings is 2. The topological polar surface area (TPSA) is 9.23 Å². The molecule has 4 rings (SSSR count). The molecule has 0 unspecified atom stereocenters.